The molecule has 2 aromatic rings. The van der Waals surface area contributed by atoms with E-state index in [0.717, 1.165) is 12.0 Å². The lowest BCUT2D eigenvalue weighted by molar-refractivity contribution is 0.465. The molecule has 0 bridgehead atoms. The van der Waals surface area contributed by atoms with Crippen molar-refractivity contribution in [2.75, 3.05) is 0 Å². The summed E-state index contributed by atoms with van der Waals surface area (Å²) < 4.78 is 13.4. The topological polar surface area (TPSA) is 12.0 Å². The third-order valence-corrected chi connectivity index (χ3v) is 4.16. The van der Waals surface area contributed by atoms with Crippen LogP contribution in [0.15, 0.2) is 35.7 Å². The fourth-order valence-electron chi connectivity index (χ4n) is 2.47. The molecule has 0 spiro atoms. The van der Waals surface area contributed by atoms with Crippen molar-refractivity contribution in [1.82, 2.24) is 5.32 Å². The van der Waals surface area contributed by atoms with Crippen molar-refractivity contribution in [2.45, 2.75) is 25.4 Å². The fourth-order valence-corrected chi connectivity index (χ4v) is 3.28. The quantitative estimate of drug-likeness (QED) is 0.813. The minimum absolute atomic E-state index is 0.143. The van der Waals surface area contributed by atoms with Crippen LogP contribution in [0.2, 0.25) is 0 Å². The van der Waals surface area contributed by atoms with Crippen molar-refractivity contribution >= 4 is 11.3 Å². The molecule has 1 nitrogen and oxygen atoms in total. The standard InChI is InChI=1S/C14H14FNS/c1-9-7-10-4-5-11(15)8-12(10)14(16-9)13-3-2-6-17-13/h2-6,8-9,14,16H,7H2,1H3. The summed E-state index contributed by atoms with van der Waals surface area (Å²) in [6.07, 6.45) is 0.970. The van der Waals surface area contributed by atoms with Gasteiger partial charge in [-0.3, -0.25) is 0 Å². The molecular weight excluding hydrogens is 233 g/mol. The fraction of sp³-hybridized carbons (Fsp3) is 0.286. The lowest BCUT2D eigenvalue weighted by Gasteiger charge is -2.31. The molecule has 1 N–H and O–H groups in total. The third-order valence-electron chi connectivity index (χ3n) is 3.22. The first-order valence-corrected chi connectivity index (χ1v) is 6.70. The van der Waals surface area contributed by atoms with Gasteiger partial charge in [-0.15, -0.1) is 11.3 Å². The SMILES string of the molecule is CC1Cc2ccc(F)cc2C(c2cccs2)N1. The van der Waals surface area contributed by atoms with Gasteiger partial charge in [-0.25, -0.2) is 4.39 Å². The lowest BCUT2D eigenvalue weighted by atomic mass is 9.90. The second-order valence-electron chi connectivity index (χ2n) is 4.56. The van der Waals surface area contributed by atoms with Gasteiger partial charge in [-0.2, -0.15) is 0 Å². The number of benzene rings is 1. The Balaban J connectivity index is 2.09. The maximum atomic E-state index is 13.4. The molecule has 17 heavy (non-hydrogen) atoms. The molecule has 0 amide bonds. The summed E-state index contributed by atoms with van der Waals surface area (Å²) >= 11 is 1.72. The monoisotopic (exact) mass is 247 g/mol. The van der Waals surface area contributed by atoms with Crippen molar-refractivity contribution in [1.29, 1.82) is 0 Å². The van der Waals surface area contributed by atoms with Gasteiger partial charge in [0.1, 0.15) is 5.82 Å². The summed E-state index contributed by atoms with van der Waals surface area (Å²) in [4.78, 5) is 1.25. The van der Waals surface area contributed by atoms with E-state index in [1.54, 1.807) is 23.5 Å². The first kappa shape index (κ1) is 10.9. The Labute approximate surface area is 104 Å². The van der Waals surface area contributed by atoms with Gasteiger partial charge in [0.05, 0.1) is 6.04 Å². The zero-order valence-electron chi connectivity index (χ0n) is 9.61. The van der Waals surface area contributed by atoms with Crippen LogP contribution in [-0.4, -0.2) is 6.04 Å². The van der Waals surface area contributed by atoms with Crippen molar-refractivity contribution < 1.29 is 4.39 Å². The van der Waals surface area contributed by atoms with E-state index in [2.05, 4.69) is 23.7 Å². The largest absolute Gasteiger partial charge is 0.303 e. The van der Waals surface area contributed by atoms with E-state index < -0.39 is 0 Å². The molecule has 2 heterocycles. The molecule has 0 saturated carbocycles. The van der Waals surface area contributed by atoms with Crippen LogP contribution in [0.25, 0.3) is 0 Å². The highest BCUT2D eigenvalue weighted by Gasteiger charge is 2.25. The van der Waals surface area contributed by atoms with Gasteiger partial charge in [-0.1, -0.05) is 12.1 Å². The Morgan fingerprint density at radius 2 is 2.24 bits per heavy atom. The number of hydrogen-bond donors (Lipinski definition) is 1. The normalized spacial score (nSPS) is 23.4. The Morgan fingerprint density at radius 1 is 1.35 bits per heavy atom. The molecule has 1 aromatic heterocycles. The van der Waals surface area contributed by atoms with Crippen LogP contribution in [0.3, 0.4) is 0 Å². The number of halogens is 1. The highest BCUT2D eigenvalue weighted by atomic mass is 32.1. The van der Waals surface area contributed by atoms with Gasteiger partial charge < -0.3 is 5.32 Å². The van der Waals surface area contributed by atoms with E-state index >= 15 is 0 Å². The Bertz CT molecular complexity index is 521. The van der Waals surface area contributed by atoms with Gasteiger partial charge in [0.2, 0.25) is 0 Å². The Kier molecular flexibility index (Phi) is 2.73. The number of hydrogen-bond acceptors (Lipinski definition) is 2. The van der Waals surface area contributed by atoms with E-state index in [1.165, 1.54) is 10.4 Å². The predicted octanol–water partition coefficient (Wildman–Crippen LogP) is 3.51. The molecule has 3 heteroatoms. The van der Waals surface area contributed by atoms with Crippen molar-refractivity contribution in [2.24, 2.45) is 0 Å². The van der Waals surface area contributed by atoms with Gasteiger partial charge in [-0.05, 0) is 48.1 Å². The second-order valence-corrected chi connectivity index (χ2v) is 5.54. The van der Waals surface area contributed by atoms with Crippen LogP contribution in [0, 0.1) is 5.82 Å². The van der Waals surface area contributed by atoms with Crippen molar-refractivity contribution in [3.63, 3.8) is 0 Å². The van der Waals surface area contributed by atoms with Gasteiger partial charge in [0.15, 0.2) is 0 Å². The first-order valence-electron chi connectivity index (χ1n) is 5.82. The molecule has 88 valence electrons. The van der Waals surface area contributed by atoms with E-state index in [0.29, 0.717) is 6.04 Å². The van der Waals surface area contributed by atoms with Crippen molar-refractivity contribution in [3.8, 4) is 0 Å². The van der Waals surface area contributed by atoms with Crippen LogP contribution in [-0.2, 0) is 6.42 Å². The average molecular weight is 247 g/mol. The molecule has 1 aliphatic heterocycles. The van der Waals surface area contributed by atoms with Crippen LogP contribution < -0.4 is 5.32 Å². The molecule has 0 radical (unpaired) electrons. The number of nitrogens with one attached hydrogen (secondary N) is 1. The van der Waals surface area contributed by atoms with Crippen LogP contribution in [0.4, 0.5) is 4.39 Å². The van der Waals surface area contributed by atoms with Gasteiger partial charge in [0.25, 0.3) is 0 Å². The third kappa shape index (κ3) is 2.01. The minimum Gasteiger partial charge on any atom is -0.303 e. The minimum atomic E-state index is -0.151. The smallest absolute Gasteiger partial charge is 0.123 e. The van der Waals surface area contributed by atoms with Gasteiger partial charge in [0, 0.05) is 10.9 Å². The Hall–Kier alpha value is -1.19. The summed E-state index contributed by atoms with van der Waals surface area (Å²) in [6, 6.07) is 9.86. The van der Waals surface area contributed by atoms with Crippen LogP contribution in [0.1, 0.15) is 29.0 Å². The maximum Gasteiger partial charge on any atom is 0.123 e. The van der Waals surface area contributed by atoms with E-state index in [-0.39, 0.29) is 11.9 Å². The summed E-state index contributed by atoms with van der Waals surface area (Å²) in [6.45, 7) is 2.17. The molecular formula is C14H14FNS. The zero-order chi connectivity index (χ0) is 11.8. The first-order chi connectivity index (χ1) is 8.24. The second kappa shape index (κ2) is 4.24. The Morgan fingerprint density at radius 3 is 3.00 bits per heavy atom. The predicted molar refractivity (Wildman–Crippen MR) is 68.9 cm³/mol. The molecule has 1 aliphatic rings. The molecule has 2 atom stereocenters. The molecule has 0 fully saturated rings. The lowest BCUT2D eigenvalue weighted by Crippen LogP contribution is -2.37. The molecule has 0 saturated heterocycles. The number of thiophene rings is 1. The molecule has 0 aliphatic carbocycles. The summed E-state index contributed by atoms with van der Waals surface area (Å²) in [5, 5.41) is 5.61. The average Bonchev–Trinajstić information content (AvgIpc) is 2.82. The maximum absolute atomic E-state index is 13.4. The summed E-state index contributed by atoms with van der Waals surface area (Å²) in [5.41, 5.74) is 2.35. The highest BCUT2D eigenvalue weighted by molar-refractivity contribution is 7.10. The van der Waals surface area contributed by atoms with E-state index in [9.17, 15) is 4.39 Å². The number of fused-ring (bicyclic) bond motifs is 1. The molecule has 2 unspecified atom stereocenters. The van der Waals surface area contributed by atoms with Gasteiger partial charge >= 0.3 is 0 Å². The molecule has 3 rings (SSSR count). The molecule has 1 aromatic carbocycles. The zero-order valence-corrected chi connectivity index (χ0v) is 10.4. The summed E-state index contributed by atoms with van der Waals surface area (Å²) in [5.74, 6) is -0.151. The van der Waals surface area contributed by atoms with Crippen LogP contribution >= 0.6 is 11.3 Å². The van der Waals surface area contributed by atoms with Crippen LogP contribution in [0.5, 0.6) is 0 Å². The van der Waals surface area contributed by atoms with E-state index in [1.807, 2.05) is 12.1 Å². The number of rotatable bonds is 1. The highest BCUT2D eigenvalue weighted by Crippen LogP contribution is 2.33. The summed E-state index contributed by atoms with van der Waals surface area (Å²) in [7, 11) is 0. The van der Waals surface area contributed by atoms with E-state index in [4.69, 9.17) is 0 Å². The van der Waals surface area contributed by atoms with Crippen molar-refractivity contribution in [3.05, 3.63) is 57.5 Å².